The molecule has 0 fully saturated rings. The second-order valence-corrected chi connectivity index (χ2v) is 5.08. The van der Waals surface area contributed by atoms with Gasteiger partial charge >= 0.3 is 0 Å². The smallest absolute Gasteiger partial charge is 0.253 e. The number of carbonyl (C=O) groups is 1. The Morgan fingerprint density at radius 3 is 2.73 bits per heavy atom. The number of carbonyl (C=O) groups excluding carboxylic acids is 1. The standard InChI is InChI=1S/C15H16N2O5/c1-9(19)17(2-3-18)7-11-4-10-5-13-14(22-8-21-13)6-12(10)16-15(11)20/h4-6,18H,2-3,7-8H2,1H3,(H,16,20). The van der Waals surface area contributed by atoms with Crippen LogP contribution >= 0.6 is 0 Å². The number of aromatic nitrogens is 1. The molecule has 0 saturated heterocycles. The number of rotatable bonds is 4. The number of ether oxygens (including phenoxy) is 2. The van der Waals surface area contributed by atoms with Crippen molar-refractivity contribution in [2.45, 2.75) is 13.5 Å². The lowest BCUT2D eigenvalue weighted by atomic mass is 10.1. The molecule has 116 valence electrons. The fraction of sp³-hybridized carbons (Fsp3) is 0.333. The highest BCUT2D eigenvalue weighted by Crippen LogP contribution is 2.35. The van der Waals surface area contributed by atoms with Gasteiger partial charge in [-0.05, 0) is 12.1 Å². The van der Waals surface area contributed by atoms with Crippen LogP contribution in [-0.4, -0.2) is 40.8 Å². The molecule has 1 aliphatic rings. The monoisotopic (exact) mass is 304 g/mol. The minimum Gasteiger partial charge on any atom is -0.454 e. The topological polar surface area (TPSA) is 91.9 Å². The number of H-pyrrole nitrogens is 1. The molecule has 1 amide bonds. The van der Waals surface area contributed by atoms with Crippen LogP contribution in [0, 0.1) is 0 Å². The minimum atomic E-state index is -0.268. The lowest BCUT2D eigenvalue weighted by Gasteiger charge is -2.19. The van der Waals surface area contributed by atoms with Gasteiger partial charge in [0.05, 0.1) is 18.7 Å². The van der Waals surface area contributed by atoms with Crippen LogP contribution in [0.15, 0.2) is 23.0 Å². The summed E-state index contributed by atoms with van der Waals surface area (Å²) in [5.74, 6) is 1.03. The van der Waals surface area contributed by atoms with E-state index in [0.717, 1.165) is 5.39 Å². The quantitative estimate of drug-likeness (QED) is 0.863. The summed E-state index contributed by atoms with van der Waals surface area (Å²) in [5, 5.41) is 9.80. The zero-order valence-corrected chi connectivity index (χ0v) is 12.1. The number of aliphatic hydroxyl groups is 1. The highest BCUT2D eigenvalue weighted by atomic mass is 16.7. The fourth-order valence-corrected chi connectivity index (χ4v) is 2.43. The first-order valence-corrected chi connectivity index (χ1v) is 6.90. The maximum atomic E-state index is 12.2. The van der Waals surface area contributed by atoms with Crippen molar-refractivity contribution in [3.8, 4) is 11.5 Å². The Labute approximate surface area is 126 Å². The van der Waals surface area contributed by atoms with Gasteiger partial charge in [0, 0.05) is 30.5 Å². The molecule has 2 heterocycles. The summed E-state index contributed by atoms with van der Waals surface area (Å²) in [6.45, 7) is 1.76. The highest BCUT2D eigenvalue weighted by molar-refractivity contribution is 5.83. The van der Waals surface area contributed by atoms with Crippen LogP contribution < -0.4 is 15.0 Å². The highest BCUT2D eigenvalue weighted by Gasteiger charge is 2.16. The maximum Gasteiger partial charge on any atom is 0.253 e. The van der Waals surface area contributed by atoms with E-state index >= 15 is 0 Å². The summed E-state index contributed by atoms with van der Waals surface area (Å²) in [7, 11) is 0. The van der Waals surface area contributed by atoms with E-state index in [2.05, 4.69) is 4.98 Å². The van der Waals surface area contributed by atoms with Crippen molar-refractivity contribution in [1.82, 2.24) is 9.88 Å². The van der Waals surface area contributed by atoms with Crippen LogP contribution in [0.5, 0.6) is 11.5 Å². The summed E-state index contributed by atoms with van der Waals surface area (Å²) < 4.78 is 10.6. The summed E-state index contributed by atoms with van der Waals surface area (Å²) in [6.07, 6.45) is 0. The molecule has 0 spiro atoms. The molecule has 0 atom stereocenters. The third kappa shape index (κ3) is 2.62. The molecule has 0 aliphatic carbocycles. The lowest BCUT2D eigenvalue weighted by Crippen LogP contribution is -2.33. The van der Waals surface area contributed by atoms with E-state index in [9.17, 15) is 9.59 Å². The van der Waals surface area contributed by atoms with Gasteiger partial charge in [-0.1, -0.05) is 0 Å². The van der Waals surface area contributed by atoms with Gasteiger partial charge in [-0.2, -0.15) is 0 Å². The largest absolute Gasteiger partial charge is 0.454 e. The van der Waals surface area contributed by atoms with Crippen molar-refractivity contribution < 1.29 is 19.4 Å². The minimum absolute atomic E-state index is 0.148. The Morgan fingerprint density at radius 2 is 2.05 bits per heavy atom. The van der Waals surface area contributed by atoms with Crippen LogP contribution in [-0.2, 0) is 11.3 Å². The SMILES string of the molecule is CC(=O)N(CCO)Cc1cc2cc3c(cc2[nH]c1=O)OCO3. The second kappa shape index (κ2) is 5.69. The number of pyridine rings is 1. The van der Waals surface area contributed by atoms with E-state index in [1.54, 1.807) is 18.2 Å². The molecule has 2 N–H and O–H groups in total. The van der Waals surface area contributed by atoms with Crippen molar-refractivity contribution in [3.05, 3.63) is 34.1 Å². The van der Waals surface area contributed by atoms with Gasteiger partial charge in [0.1, 0.15) is 0 Å². The number of nitrogens with one attached hydrogen (secondary N) is 1. The molecular formula is C15H16N2O5. The summed E-state index contributed by atoms with van der Waals surface area (Å²) in [6, 6.07) is 5.24. The molecule has 22 heavy (non-hydrogen) atoms. The molecule has 0 saturated carbocycles. The number of hydrogen-bond acceptors (Lipinski definition) is 5. The molecule has 0 bridgehead atoms. The molecule has 1 aromatic heterocycles. The Kier molecular flexibility index (Phi) is 3.72. The Hall–Kier alpha value is -2.54. The van der Waals surface area contributed by atoms with Crippen LogP contribution in [0.25, 0.3) is 10.9 Å². The van der Waals surface area contributed by atoms with Crippen LogP contribution in [0.2, 0.25) is 0 Å². The first kappa shape index (κ1) is 14.4. The first-order valence-electron chi connectivity index (χ1n) is 6.90. The average molecular weight is 304 g/mol. The van der Waals surface area contributed by atoms with E-state index in [1.165, 1.54) is 11.8 Å². The molecule has 2 aromatic rings. The molecule has 7 heteroatoms. The lowest BCUT2D eigenvalue weighted by molar-refractivity contribution is -0.129. The Balaban J connectivity index is 1.99. The van der Waals surface area contributed by atoms with E-state index in [1.807, 2.05) is 0 Å². The van der Waals surface area contributed by atoms with Crippen molar-refractivity contribution >= 4 is 16.8 Å². The van der Waals surface area contributed by atoms with Crippen molar-refractivity contribution in [2.24, 2.45) is 0 Å². The zero-order valence-electron chi connectivity index (χ0n) is 12.1. The number of nitrogens with zero attached hydrogens (tertiary/aromatic N) is 1. The Bertz CT molecular complexity index is 783. The average Bonchev–Trinajstić information content (AvgIpc) is 2.92. The van der Waals surface area contributed by atoms with E-state index in [4.69, 9.17) is 14.6 Å². The van der Waals surface area contributed by atoms with Gasteiger partial charge < -0.3 is 24.5 Å². The van der Waals surface area contributed by atoms with E-state index < -0.39 is 0 Å². The molecule has 0 radical (unpaired) electrons. The van der Waals surface area contributed by atoms with Gasteiger partial charge in [0.25, 0.3) is 5.56 Å². The summed E-state index contributed by atoms with van der Waals surface area (Å²) in [5.41, 5.74) is 0.833. The maximum absolute atomic E-state index is 12.2. The van der Waals surface area contributed by atoms with E-state index in [-0.39, 0.29) is 38.0 Å². The third-order valence-electron chi connectivity index (χ3n) is 3.59. The Morgan fingerprint density at radius 1 is 1.32 bits per heavy atom. The summed E-state index contributed by atoms with van der Waals surface area (Å²) >= 11 is 0. The number of hydrogen-bond donors (Lipinski definition) is 2. The molecule has 1 aliphatic heterocycles. The second-order valence-electron chi connectivity index (χ2n) is 5.08. The molecule has 0 unspecified atom stereocenters. The van der Waals surface area contributed by atoms with Crippen LogP contribution in [0.1, 0.15) is 12.5 Å². The molecule has 3 rings (SSSR count). The fourth-order valence-electron chi connectivity index (χ4n) is 2.43. The van der Waals surface area contributed by atoms with Crippen molar-refractivity contribution in [2.75, 3.05) is 19.9 Å². The number of aromatic amines is 1. The van der Waals surface area contributed by atoms with Gasteiger partial charge in [-0.25, -0.2) is 0 Å². The van der Waals surface area contributed by atoms with E-state index in [0.29, 0.717) is 22.6 Å². The predicted octanol–water partition coefficient (Wildman–Crippen LogP) is 0.598. The number of fused-ring (bicyclic) bond motifs is 2. The van der Waals surface area contributed by atoms with Crippen molar-refractivity contribution in [1.29, 1.82) is 0 Å². The molecular weight excluding hydrogens is 288 g/mol. The summed E-state index contributed by atoms with van der Waals surface area (Å²) in [4.78, 5) is 27.9. The van der Waals surface area contributed by atoms with Crippen LogP contribution in [0.3, 0.4) is 0 Å². The normalized spacial score (nSPS) is 12.6. The number of aliphatic hydroxyl groups excluding tert-OH is 1. The number of benzene rings is 1. The van der Waals surface area contributed by atoms with Gasteiger partial charge in [-0.15, -0.1) is 0 Å². The van der Waals surface area contributed by atoms with Crippen LogP contribution in [0.4, 0.5) is 0 Å². The zero-order chi connectivity index (χ0) is 15.7. The third-order valence-corrected chi connectivity index (χ3v) is 3.59. The first-order chi connectivity index (χ1) is 10.6. The predicted molar refractivity (Wildman–Crippen MR) is 78.9 cm³/mol. The van der Waals surface area contributed by atoms with Gasteiger partial charge in [0.2, 0.25) is 12.7 Å². The van der Waals surface area contributed by atoms with Gasteiger partial charge in [-0.3, -0.25) is 9.59 Å². The molecule has 7 nitrogen and oxygen atoms in total. The number of amides is 1. The molecule has 1 aromatic carbocycles. The van der Waals surface area contributed by atoms with Gasteiger partial charge in [0.15, 0.2) is 11.5 Å². The van der Waals surface area contributed by atoms with Crippen molar-refractivity contribution in [3.63, 3.8) is 0 Å².